The zero-order chi connectivity index (χ0) is 18.2. The van der Waals surface area contributed by atoms with Crippen LogP contribution in [0.1, 0.15) is 0 Å². The number of methoxy groups -OCH3 is 1. The highest BCUT2D eigenvalue weighted by Gasteiger charge is 2.15. The van der Waals surface area contributed by atoms with Gasteiger partial charge >= 0.3 is 11.8 Å². The maximum Gasteiger partial charge on any atom is 0.313 e. The van der Waals surface area contributed by atoms with Crippen LogP contribution in [0, 0.1) is 5.82 Å². The first-order chi connectivity index (χ1) is 12.0. The highest BCUT2D eigenvalue weighted by molar-refractivity contribution is 6.39. The molecule has 0 saturated heterocycles. The summed E-state index contributed by atoms with van der Waals surface area (Å²) in [5.41, 5.74) is 0.390. The molecule has 0 atom stereocenters. The Kier molecular flexibility index (Phi) is 6.05. The van der Waals surface area contributed by atoms with Gasteiger partial charge in [-0.25, -0.2) is 4.39 Å². The predicted molar refractivity (Wildman–Crippen MR) is 89.7 cm³/mol. The topological polar surface area (TPSA) is 96.5 Å². The van der Waals surface area contributed by atoms with Crippen LogP contribution in [-0.2, 0) is 14.4 Å². The Bertz CT molecular complexity index is 778. The van der Waals surface area contributed by atoms with E-state index in [0.29, 0.717) is 11.4 Å². The molecule has 0 heterocycles. The number of rotatable bonds is 5. The number of hydrogen-bond donors (Lipinski definition) is 3. The number of para-hydroxylation sites is 1. The molecule has 0 spiro atoms. The van der Waals surface area contributed by atoms with Gasteiger partial charge in [0.2, 0.25) is 5.91 Å². The van der Waals surface area contributed by atoms with E-state index in [1.807, 2.05) is 0 Å². The molecule has 3 amide bonds. The average molecular weight is 345 g/mol. The van der Waals surface area contributed by atoms with Crippen molar-refractivity contribution in [3.05, 3.63) is 54.3 Å². The SMILES string of the molecule is COc1ccc(NC(=O)C(=O)NCC(=O)Nc2ccccc2F)cc1. The Morgan fingerprint density at radius 1 is 0.960 bits per heavy atom. The van der Waals surface area contributed by atoms with E-state index in [9.17, 15) is 18.8 Å². The molecule has 3 N–H and O–H groups in total. The van der Waals surface area contributed by atoms with Crippen LogP contribution < -0.4 is 20.7 Å². The Hall–Kier alpha value is -3.42. The second kappa shape index (κ2) is 8.44. The molecule has 2 aromatic carbocycles. The summed E-state index contributed by atoms with van der Waals surface area (Å²) in [7, 11) is 1.51. The van der Waals surface area contributed by atoms with Gasteiger partial charge in [-0.05, 0) is 36.4 Å². The van der Waals surface area contributed by atoms with Gasteiger partial charge in [0.1, 0.15) is 11.6 Å². The minimum Gasteiger partial charge on any atom is -0.497 e. The number of carbonyl (C=O) groups is 3. The lowest BCUT2D eigenvalue weighted by molar-refractivity contribution is -0.136. The fourth-order valence-electron chi connectivity index (χ4n) is 1.86. The second-order valence-corrected chi connectivity index (χ2v) is 4.89. The van der Waals surface area contributed by atoms with E-state index in [0.717, 1.165) is 0 Å². The van der Waals surface area contributed by atoms with Crippen molar-refractivity contribution in [3.8, 4) is 5.75 Å². The van der Waals surface area contributed by atoms with Gasteiger partial charge in [0, 0.05) is 5.69 Å². The summed E-state index contributed by atoms with van der Waals surface area (Å²) >= 11 is 0. The Labute approximate surface area is 143 Å². The third-order valence-corrected chi connectivity index (χ3v) is 3.11. The van der Waals surface area contributed by atoms with E-state index in [1.54, 1.807) is 30.3 Å². The molecule has 7 nitrogen and oxygen atoms in total. The number of halogens is 1. The van der Waals surface area contributed by atoms with Crippen molar-refractivity contribution < 1.29 is 23.5 Å². The summed E-state index contributed by atoms with van der Waals surface area (Å²) in [6.45, 7) is -0.469. The van der Waals surface area contributed by atoms with Gasteiger partial charge in [0.15, 0.2) is 0 Å². The van der Waals surface area contributed by atoms with Crippen LogP contribution in [0.4, 0.5) is 15.8 Å². The summed E-state index contributed by atoms with van der Waals surface area (Å²) in [5.74, 6) is -2.56. The molecule has 25 heavy (non-hydrogen) atoms. The van der Waals surface area contributed by atoms with Gasteiger partial charge < -0.3 is 20.7 Å². The van der Waals surface area contributed by atoms with Crippen molar-refractivity contribution in [2.75, 3.05) is 24.3 Å². The van der Waals surface area contributed by atoms with E-state index >= 15 is 0 Å². The van der Waals surface area contributed by atoms with E-state index in [-0.39, 0.29) is 5.69 Å². The maximum atomic E-state index is 13.4. The first-order valence-corrected chi connectivity index (χ1v) is 7.27. The molecule has 0 saturated carbocycles. The van der Waals surface area contributed by atoms with Crippen LogP contribution in [0.2, 0.25) is 0 Å². The minimum atomic E-state index is -0.987. The van der Waals surface area contributed by atoms with E-state index in [4.69, 9.17) is 4.74 Å². The van der Waals surface area contributed by atoms with Gasteiger partial charge in [-0.2, -0.15) is 0 Å². The molecule has 130 valence electrons. The van der Waals surface area contributed by atoms with Crippen LogP contribution in [-0.4, -0.2) is 31.4 Å². The van der Waals surface area contributed by atoms with Crippen LogP contribution >= 0.6 is 0 Å². The molecule has 0 aliphatic heterocycles. The Morgan fingerprint density at radius 3 is 2.28 bits per heavy atom. The monoisotopic (exact) mass is 345 g/mol. The van der Waals surface area contributed by atoms with E-state index in [2.05, 4.69) is 16.0 Å². The third-order valence-electron chi connectivity index (χ3n) is 3.11. The van der Waals surface area contributed by atoms with Gasteiger partial charge in [-0.3, -0.25) is 14.4 Å². The van der Waals surface area contributed by atoms with Crippen molar-refractivity contribution >= 4 is 29.1 Å². The molecule has 0 aliphatic carbocycles. The molecule has 2 aromatic rings. The number of nitrogens with one attached hydrogen (secondary N) is 3. The zero-order valence-electron chi connectivity index (χ0n) is 13.3. The van der Waals surface area contributed by atoms with Crippen LogP contribution in [0.5, 0.6) is 5.75 Å². The average Bonchev–Trinajstić information content (AvgIpc) is 2.62. The Morgan fingerprint density at radius 2 is 1.64 bits per heavy atom. The summed E-state index contributed by atoms with van der Waals surface area (Å²) in [4.78, 5) is 35.1. The smallest absolute Gasteiger partial charge is 0.313 e. The zero-order valence-corrected chi connectivity index (χ0v) is 13.3. The lowest BCUT2D eigenvalue weighted by atomic mass is 10.3. The standard InChI is InChI=1S/C17H16FN3O4/c1-25-12-8-6-11(7-9-12)20-17(24)16(23)19-10-15(22)21-14-5-3-2-4-13(14)18/h2-9H,10H2,1H3,(H,19,23)(H,20,24)(H,21,22). The highest BCUT2D eigenvalue weighted by atomic mass is 19.1. The first kappa shape index (κ1) is 17.9. The molecular formula is C17H16FN3O4. The molecule has 0 fully saturated rings. The highest BCUT2D eigenvalue weighted by Crippen LogP contribution is 2.14. The fraction of sp³-hybridized carbons (Fsp3) is 0.118. The third kappa shape index (κ3) is 5.31. The largest absolute Gasteiger partial charge is 0.497 e. The molecule has 0 radical (unpaired) electrons. The fourth-order valence-corrected chi connectivity index (χ4v) is 1.86. The number of carbonyl (C=O) groups excluding carboxylic acids is 3. The lowest BCUT2D eigenvalue weighted by Gasteiger charge is -2.08. The van der Waals surface area contributed by atoms with Crippen molar-refractivity contribution in [1.82, 2.24) is 5.32 Å². The first-order valence-electron chi connectivity index (χ1n) is 7.27. The molecule has 0 aliphatic rings. The van der Waals surface area contributed by atoms with E-state index < -0.39 is 30.1 Å². The lowest BCUT2D eigenvalue weighted by Crippen LogP contribution is -2.39. The number of benzene rings is 2. The molecule has 0 aromatic heterocycles. The summed E-state index contributed by atoms with van der Waals surface area (Å²) in [5, 5.41) is 6.82. The maximum absolute atomic E-state index is 13.4. The summed E-state index contributed by atoms with van der Waals surface area (Å²) < 4.78 is 18.4. The van der Waals surface area contributed by atoms with Crippen molar-refractivity contribution in [3.63, 3.8) is 0 Å². The summed E-state index contributed by atoms with van der Waals surface area (Å²) in [6.07, 6.45) is 0. The van der Waals surface area contributed by atoms with Gasteiger partial charge in [0.25, 0.3) is 0 Å². The minimum absolute atomic E-state index is 0.00978. The number of hydrogen-bond acceptors (Lipinski definition) is 4. The quantitative estimate of drug-likeness (QED) is 0.716. The normalized spacial score (nSPS) is 9.84. The second-order valence-electron chi connectivity index (χ2n) is 4.89. The van der Waals surface area contributed by atoms with E-state index in [1.165, 1.54) is 25.3 Å². The number of ether oxygens (including phenoxy) is 1. The number of amides is 3. The van der Waals surface area contributed by atoms with Gasteiger partial charge in [0.05, 0.1) is 19.3 Å². The van der Waals surface area contributed by atoms with Crippen LogP contribution in [0.15, 0.2) is 48.5 Å². The number of anilines is 2. The molecule has 0 bridgehead atoms. The molecule has 8 heteroatoms. The van der Waals surface area contributed by atoms with Gasteiger partial charge in [-0.15, -0.1) is 0 Å². The molecule has 2 rings (SSSR count). The molecular weight excluding hydrogens is 329 g/mol. The van der Waals surface area contributed by atoms with Gasteiger partial charge in [-0.1, -0.05) is 12.1 Å². The van der Waals surface area contributed by atoms with Crippen LogP contribution in [0.25, 0.3) is 0 Å². The Balaban J connectivity index is 1.81. The van der Waals surface area contributed by atoms with Crippen molar-refractivity contribution in [2.45, 2.75) is 0 Å². The van der Waals surface area contributed by atoms with Crippen LogP contribution in [0.3, 0.4) is 0 Å². The summed E-state index contributed by atoms with van der Waals surface area (Å²) in [6, 6.07) is 12.0. The van der Waals surface area contributed by atoms with Crippen molar-refractivity contribution in [1.29, 1.82) is 0 Å². The van der Waals surface area contributed by atoms with Crippen molar-refractivity contribution in [2.24, 2.45) is 0 Å². The molecule has 0 unspecified atom stereocenters. The predicted octanol–water partition coefficient (Wildman–Crippen LogP) is 1.53.